The molecule has 17 heavy (non-hydrogen) atoms. The molecule has 1 saturated heterocycles. The molecule has 5 nitrogen and oxygen atoms in total. The molecular formula is C11H11ClN2O3. The van der Waals surface area contributed by atoms with E-state index in [0.29, 0.717) is 18.8 Å². The van der Waals surface area contributed by atoms with E-state index >= 15 is 0 Å². The average molecular weight is 255 g/mol. The van der Waals surface area contributed by atoms with E-state index in [1.54, 1.807) is 23.1 Å². The number of carboxylic acid groups (broad SMARTS) is 1. The molecule has 0 atom stereocenters. The van der Waals surface area contributed by atoms with Crippen molar-refractivity contribution in [2.45, 2.75) is 6.42 Å². The Bertz CT molecular complexity index is 458. The van der Waals surface area contributed by atoms with Crippen molar-refractivity contribution in [3.8, 4) is 0 Å². The first kappa shape index (κ1) is 11.9. The zero-order valence-corrected chi connectivity index (χ0v) is 9.72. The normalized spacial score (nSPS) is 15.5. The molecule has 1 fully saturated rings. The van der Waals surface area contributed by atoms with Crippen LogP contribution < -0.4 is 0 Å². The van der Waals surface area contributed by atoms with Crippen molar-refractivity contribution in [3.05, 3.63) is 29.0 Å². The summed E-state index contributed by atoms with van der Waals surface area (Å²) in [7, 11) is 0. The number of pyridine rings is 1. The van der Waals surface area contributed by atoms with E-state index in [1.165, 1.54) is 0 Å². The lowest BCUT2D eigenvalue weighted by molar-refractivity contribution is -0.139. The van der Waals surface area contributed by atoms with Gasteiger partial charge in [-0.1, -0.05) is 17.7 Å². The molecule has 1 amide bonds. The maximum atomic E-state index is 11.9. The fourth-order valence-corrected chi connectivity index (χ4v) is 1.96. The summed E-state index contributed by atoms with van der Waals surface area (Å²) in [6, 6.07) is 4.86. The van der Waals surface area contributed by atoms with Crippen LogP contribution in [0, 0.1) is 5.92 Å². The van der Waals surface area contributed by atoms with Gasteiger partial charge in [0, 0.05) is 19.0 Å². The Morgan fingerprint density at radius 2 is 2.18 bits per heavy atom. The minimum Gasteiger partial charge on any atom is -0.481 e. The van der Waals surface area contributed by atoms with E-state index in [9.17, 15) is 9.59 Å². The SMILES string of the molecule is O=C(O)CC1CN(C(=O)c2cccc(Cl)n2)C1. The van der Waals surface area contributed by atoms with E-state index < -0.39 is 5.97 Å². The monoisotopic (exact) mass is 254 g/mol. The molecule has 0 bridgehead atoms. The van der Waals surface area contributed by atoms with Crippen LogP contribution in [-0.2, 0) is 4.79 Å². The van der Waals surface area contributed by atoms with Crippen LogP contribution in [0.15, 0.2) is 18.2 Å². The van der Waals surface area contributed by atoms with Gasteiger partial charge in [0.1, 0.15) is 10.8 Å². The number of hydrogen-bond acceptors (Lipinski definition) is 3. The molecule has 0 saturated carbocycles. The quantitative estimate of drug-likeness (QED) is 0.825. The first-order chi connectivity index (χ1) is 8.06. The Hall–Kier alpha value is -1.62. The van der Waals surface area contributed by atoms with Gasteiger partial charge in [-0.25, -0.2) is 4.98 Å². The number of aliphatic carboxylic acids is 1. The molecule has 2 heterocycles. The van der Waals surface area contributed by atoms with Crippen molar-refractivity contribution in [2.24, 2.45) is 5.92 Å². The van der Waals surface area contributed by atoms with E-state index in [2.05, 4.69) is 4.98 Å². The Labute approximate surface area is 103 Å². The molecule has 0 radical (unpaired) electrons. The van der Waals surface area contributed by atoms with Crippen LogP contribution in [0.4, 0.5) is 0 Å². The molecule has 0 unspecified atom stereocenters. The number of halogens is 1. The van der Waals surface area contributed by atoms with Crippen LogP contribution in [0.1, 0.15) is 16.9 Å². The highest BCUT2D eigenvalue weighted by Gasteiger charge is 2.32. The lowest BCUT2D eigenvalue weighted by Gasteiger charge is -2.38. The number of aromatic nitrogens is 1. The third-order valence-corrected chi connectivity index (χ3v) is 2.85. The minimum absolute atomic E-state index is 0.0515. The van der Waals surface area contributed by atoms with Gasteiger partial charge in [-0.05, 0) is 12.1 Å². The summed E-state index contributed by atoms with van der Waals surface area (Å²) in [6.07, 6.45) is 0.104. The van der Waals surface area contributed by atoms with Gasteiger partial charge in [0.15, 0.2) is 0 Å². The highest BCUT2D eigenvalue weighted by Crippen LogP contribution is 2.21. The summed E-state index contributed by atoms with van der Waals surface area (Å²) in [6.45, 7) is 0.943. The lowest BCUT2D eigenvalue weighted by atomic mass is 9.96. The number of nitrogens with zero attached hydrogens (tertiary/aromatic N) is 2. The number of carbonyl (C=O) groups excluding carboxylic acids is 1. The molecule has 0 aromatic carbocycles. The minimum atomic E-state index is -0.831. The van der Waals surface area contributed by atoms with Gasteiger partial charge in [-0.15, -0.1) is 0 Å². The first-order valence-corrected chi connectivity index (χ1v) is 5.57. The standard InChI is InChI=1S/C11H11ClN2O3/c12-9-3-1-2-8(13-9)11(17)14-5-7(6-14)4-10(15)16/h1-3,7H,4-6H2,(H,15,16). The van der Waals surface area contributed by atoms with Crippen molar-refractivity contribution in [3.63, 3.8) is 0 Å². The van der Waals surface area contributed by atoms with Crippen molar-refractivity contribution < 1.29 is 14.7 Å². The van der Waals surface area contributed by atoms with Gasteiger partial charge < -0.3 is 10.0 Å². The zero-order chi connectivity index (χ0) is 12.4. The number of carbonyl (C=O) groups is 2. The largest absolute Gasteiger partial charge is 0.481 e. The molecule has 1 aromatic rings. The lowest BCUT2D eigenvalue weighted by Crippen LogP contribution is -2.50. The smallest absolute Gasteiger partial charge is 0.303 e. The number of likely N-dealkylation sites (tertiary alicyclic amines) is 1. The van der Waals surface area contributed by atoms with Crippen LogP contribution >= 0.6 is 11.6 Å². The average Bonchev–Trinajstić information content (AvgIpc) is 2.21. The molecule has 6 heteroatoms. The van der Waals surface area contributed by atoms with E-state index in [-0.39, 0.29) is 23.4 Å². The Balaban J connectivity index is 1.93. The van der Waals surface area contributed by atoms with Gasteiger partial charge in [0.2, 0.25) is 0 Å². The van der Waals surface area contributed by atoms with Crippen molar-refractivity contribution in [1.82, 2.24) is 9.88 Å². The fourth-order valence-electron chi connectivity index (χ4n) is 1.80. The van der Waals surface area contributed by atoms with Crippen molar-refractivity contribution in [2.75, 3.05) is 13.1 Å². The number of carboxylic acids is 1. The molecule has 0 aliphatic carbocycles. The molecule has 1 aliphatic heterocycles. The Morgan fingerprint density at radius 3 is 2.76 bits per heavy atom. The summed E-state index contributed by atoms with van der Waals surface area (Å²) in [4.78, 5) is 27.8. The fraction of sp³-hybridized carbons (Fsp3) is 0.364. The highest BCUT2D eigenvalue weighted by atomic mass is 35.5. The third kappa shape index (κ3) is 2.74. The second-order valence-electron chi connectivity index (χ2n) is 4.02. The number of hydrogen-bond donors (Lipinski definition) is 1. The van der Waals surface area contributed by atoms with Gasteiger partial charge in [0.05, 0.1) is 6.42 Å². The topological polar surface area (TPSA) is 70.5 Å². The van der Waals surface area contributed by atoms with Crippen molar-refractivity contribution >= 4 is 23.5 Å². The van der Waals surface area contributed by atoms with E-state index in [1.807, 2.05) is 0 Å². The van der Waals surface area contributed by atoms with Crippen LogP contribution in [-0.4, -0.2) is 40.0 Å². The molecule has 2 rings (SSSR count). The van der Waals surface area contributed by atoms with Gasteiger partial charge in [-0.2, -0.15) is 0 Å². The van der Waals surface area contributed by atoms with Crippen LogP contribution in [0.2, 0.25) is 5.15 Å². The van der Waals surface area contributed by atoms with Gasteiger partial charge in [0.25, 0.3) is 5.91 Å². The number of rotatable bonds is 3. The summed E-state index contributed by atoms with van der Waals surface area (Å²) < 4.78 is 0. The van der Waals surface area contributed by atoms with Crippen molar-refractivity contribution in [1.29, 1.82) is 0 Å². The van der Waals surface area contributed by atoms with E-state index in [4.69, 9.17) is 16.7 Å². The third-order valence-electron chi connectivity index (χ3n) is 2.64. The van der Waals surface area contributed by atoms with Gasteiger partial charge in [-0.3, -0.25) is 9.59 Å². The predicted octanol–water partition coefficient (Wildman–Crippen LogP) is 1.28. The molecule has 1 aliphatic rings. The summed E-state index contributed by atoms with van der Waals surface area (Å²) in [5, 5.41) is 8.87. The maximum absolute atomic E-state index is 11.9. The summed E-state index contributed by atoms with van der Waals surface area (Å²) in [5.74, 6) is -0.979. The first-order valence-electron chi connectivity index (χ1n) is 5.20. The molecular weight excluding hydrogens is 244 g/mol. The molecule has 0 spiro atoms. The Kier molecular flexibility index (Phi) is 3.28. The van der Waals surface area contributed by atoms with Crippen LogP contribution in [0.25, 0.3) is 0 Å². The predicted molar refractivity (Wildman–Crippen MR) is 60.9 cm³/mol. The molecule has 90 valence electrons. The second kappa shape index (κ2) is 4.71. The van der Waals surface area contributed by atoms with Crippen LogP contribution in [0.5, 0.6) is 0 Å². The Morgan fingerprint density at radius 1 is 1.47 bits per heavy atom. The zero-order valence-electron chi connectivity index (χ0n) is 8.97. The second-order valence-corrected chi connectivity index (χ2v) is 4.41. The maximum Gasteiger partial charge on any atom is 0.303 e. The number of amides is 1. The summed E-state index contributed by atoms with van der Waals surface area (Å²) in [5.41, 5.74) is 0.297. The summed E-state index contributed by atoms with van der Waals surface area (Å²) >= 11 is 5.69. The molecule has 1 N–H and O–H groups in total. The molecule has 1 aromatic heterocycles. The van der Waals surface area contributed by atoms with E-state index in [0.717, 1.165) is 0 Å². The van der Waals surface area contributed by atoms with Crippen LogP contribution in [0.3, 0.4) is 0 Å². The van der Waals surface area contributed by atoms with Gasteiger partial charge >= 0.3 is 5.97 Å². The highest BCUT2D eigenvalue weighted by molar-refractivity contribution is 6.29.